The third-order valence-corrected chi connectivity index (χ3v) is 6.14. The van der Waals surface area contributed by atoms with E-state index in [1.807, 2.05) is 0 Å². The summed E-state index contributed by atoms with van der Waals surface area (Å²) in [4.78, 5) is 12.5. The van der Waals surface area contributed by atoms with E-state index in [2.05, 4.69) is 20.8 Å². The van der Waals surface area contributed by atoms with Crippen LogP contribution in [0, 0.1) is 29.1 Å². The summed E-state index contributed by atoms with van der Waals surface area (Å²) in [5.41, 5.74) is 0.149. The van der Waals surface area contributed by atoms with Gasteiger partial charge in [-0.2, -0.15) is 0 Å². The molecule has 1 heterocycles. The maximum absolute atomic E-state index is 12.5. The lowest BCUT2D eigenvalue weighted by Gasteiger charge is -2.39. The third kappa shape index (κ3) is 1.88. The van der Waals surface area contributed by atoms with Crippen LogP contribution in [0.15, 0.2) is 0 Å². The minimum Gasteiger partial charge on any atom is -0.462 e. The molecular weight excluding hydrogens is 224 g/mol. The van der Waals surface area contributed by atoms with Gasteiger partial charge in [0.25, 0.3) is 0 Å². The number of carbonyl (C=O) groups is 1. The molecule has 4 bridgehead atoms. The second kappa shape index (κ2) is 4.25. The molecule has 1 aliphatic heterocycles. The van der Waals surface area contributed by atoms with Crippen LogP contribution in [0.2, 0.25) is 0 Å². The highest BCUT2D eigenvalue weighted by Crippen LogP contribution is 2.53. The molecule has 2 saturated carbocycles. The van der Waals surface area contributed by atoms with E-state index in [9.17, 15) is 4.79 Å². The summed E-state index contributed by atoms with van der Waals surface area (Å²) in [6.45, 7) is 6.90. The van der Waals surface area contributed by atoms with Gasteiger partial charge in [-0.05, 0) is 61.7 Å². The smallest absolute Gasteiger partial charge is 0.309 e. The number of fused-ring (bicyclic) bond motifs is 3. The van der Waals surface area contributed by atoms with Crippen molar-refractivity contribution in [2.24, 2.45) is 29.1 Å². The summed E-state index contributed by atoms with van der Waals surface area (Å²) in [6, 6.07) is 0. The predicted molar refractivity (Wildman–Crippen MR) is 71.0 cm³/mol. The molecule has 0 spiro atoms. The van der Waals surface area contributed by atoms with Gasteiger partial charge in [0.2, 0.25) is 0 Å². The van der Waals surface area contributed by atoms with Crippen LogP contribution in [0.25, 0.3) is 0 Å². The van der Waals surface area contributed by atoms with Gasteiger partial charge in [-0.3, -0.25) is 4.79 Å². The molecule has 0 aromatic carbocycles. The minimum absolute atomic E-state index is 0.112. The van der Waals surface area contributed by atoms with Crippen molar-refractivity contribution in [2.75, 3.05) is 0 Å². The Hall–Kier alpha value is -0.530. The van der Waals surface area contributed by atoms with Gasteiger partial charge >= 0.3 is 5.97 Å². The van der Waals surface area contributed by atoms with Crippen LogP contribution in [0.1, 0.15) is 59.3 Å². The Morgan fingerprint density at radius 1 is 1.17 bits per heavy atom. The lowest BCUT2D eigenvalue weighted by Crippen LogP contribution is -2.38. The van der Waals surface area contributed by atoms with Crippen molar-refractivity contribution in [3.8, 4) is 0 Å². The lowest BCUT2D eigenvalue weighted by atomic mass is 9.64. The van der Waals surface area contributed by atoms with Gasteiger partial charge < -0.3 is 4.74 Å². The zero-order valence-corrected chi connectivity index (χ0v) is 11.9. The molecule has 0 aromatic heterocycles. The van der Waals surface area contributed by atoms with E-state index in [0.29, 0.717) is 5.92 Å². The Labute approximate surface area is 110 Å². The highest BCUT2D eigenvalue weighted by atomic mass is 16.5. The third-order valence-electron chi connectivity index (χ3n) is 6.14. The molecule has 1 saturated heterocycles. The molecule has 0 amide bonds. The van der Waals surface area contributed by atoms with Crippen molar-refractivity contribution < 1.29 is 9.53 Å². The van der Waals surface area contributed by atoms with Gasteiger partial charge in [0.1, 0.15) is 6.10 Å². The highest BCUT2D eigenvalue weighted by Gasteiger charge is 2.50. The number of hydrogen-bond donors (Lipinski definition) is 0. The fraction of sp³-hybridized carbons (Fsp3) is 0.938. The number of esters is 1. The Kier molecular flexibility index (Phi) is 2.95. The van der Waals surface area contributed by atoms with Crippen molar-refractivity contribution in [1.29, 1.82) is 0 Å². The first kappa shape index (κ1) is 12.5. The van der Waals surface area contributed by atoms with Crippen molar-refractivity contribution >= 4 is 5.97 Å². The van der Waals surface area contributed by atoms with Gasteiger partial charge in [-0.15, -0.1) is 0 Å². The number of rotatable bonds is 1. The summed E-state index contributed by atoms with van der Waals surface area (Å²) in [5, 5.41) is 0. The summed E-state index contributed by atoms with van der Waals surface area (Å²) in [5.74, 6) is 2.38. The van der Waals surface area contributed by atoms with E-state index in [1.165, 1.54) is 19.3 Å². The Balaban J connectivity index is 2.02. The molecule has 102 valence electrons. The molecule has 18 heavy (non-hydrogen) atoms. The summed E-state index contributed by atoms with van der Waals surface area (Å²) in [7, 11) is 0. The Bertz CT molecular complexity index is 349. The summed E-state index contributed by atoms with van der Waals surface area (Å²) in [6.07, 6.45) is 7.39. The lowest BCUT2D eigenvalue weighted by molar-refractivity contribution is -0.158. The van der Waals surface area contributed by atoms with Crippen LogP contribution in [0.5, 0.6) is 0 Å². The van der Waals surface area contributed by atoms with Crippen molar-refractivity contribution in [3.05, 3.63) is 0 Å². The predicted octanol–water partition coefficient (Wildman–Crippen LogP) is 3.79. The van der Waals surface area contributed by atoms with E-state index < -0.39 is 0 Å². The van der Waals surface area contributed by atoms with Crippen LogP contribution in [-0.2, 0) is 9.53 Å². The van der Waals surface area contributed by atoms with Crippen LogP contribution in [0.3, 0.4) is 0 Å². The molecule has 2 heteroatoms. The van der Waals surface area contributed by atoms with Gasteiger partial charge in [-0.25, -0.2) is 0 Å². The molecule has 0 N–H and O–H groups in total. The van der Waals surface area contributed by atoms with Gasteiger partial charge in [0, 0.05) is 0 Å². The first-order chi connectivity index (χ1) is 8.49. The van der Waals surface area contributed by atoms with Crippen LogP contribution >= 0.6 is 0 Å². The fourth-order valence-corrected chi connectivity index (χ4v) is 4.70. The molecular formula is C16H26O2. The fourth-order valence-electron chi connectivity index (χ4n) is 4.70. The van der Waals surface area contributed by atoms with Gasteiger partial charge in [0.05, 0.1) is 5.92 Å². The average Bonchev–Trinajstić information content (AvgIpc) is 2.62. The van der Waals surface area contributed by atoms with E-state index in [0.717, 1.165) is 31.1 Å². The molecule has 0 aromatic rings. The maximum atomic E-state index is 12.5. The zero-order chi connectivity index (χ0) is 12.9. The largest absolute Gasteiger partial charge is 0.462 e. The second-order valence-electron chi connectivity index (χ2n) is 7.49. The summed E-state index contributed by atoms with van der Waals surface area (Å²) < 4.78 is 5.80. The number of ether oxygens (including phenoxy) is 1. The number of hydrogen-bond acceptors (Lipinski definition) is 2. The molecule has 5 atom stereocenters. The van der Waals surface area contributed by atoms with E-state index in [-0.39, 0.29) is 23.4 Å². The monoisotopic (exact) mass is 250 g/mol. The maximum Gasteiger partial charge on any atom is 0.309 e. The molecule has 2 nitrogen and oxygen atoms in total. The normalized spacial score (nSPS) is 47.7. The van der Waals surface area contributed by atoms with E-state index in [4.69, 9.17) is 4.74 Å². The van der Waals surface area contributed by atoms with Crippen molar-refractivity contribution in [1.82, 2.24) is 0 Å². The molecule has 2 aliphatic carbocycles. The topological polar surface area (TPSA) is 26.3 Å². The van der Waals surface area contributed by atoms with Gasteiger partial charge in [0.15, 0.2) is 0 Å². The zero-order valence-electron chi connectivity index (χ0n) is 11.9. The van der Waals surface area contributed by atoms with Crippen LogP contribution in [0.4, 0.5) is 0 Å². The first-order valence-corrected chi connectivity index (χ1v) is 7.69. The van der Waals surface area contributed by atoms with Crippen molar-refractivity contribution in [3.63, 3.8) is 0 Å². The summed E-state index contributed by atoms with van der Waals surface area (Å²) >= 11 is 0. The molecule has 3 fully saturated rings. The molecule has 0 radical (unpaired) electrons. The Morgan fingerprint density at radius 2 is 1.94 bits per heavy atom. The molecule has 5 unspecified atom stereocenters. The van der Waals surface area contributed by atoms with E-state index in [1.54, 1.807) is 0 Å². The number of carbonyl (C=O) groups excluding carboxylic acids is 1. The quantitative estimate of drug-likeness (QED) is 0.662. The standard InChI is InChI=1S/C16H26O2/c1-10(2)16(3)9-11-4-5-13-7-12(6-11)8-14(16)15(17)18-13/h10-14H,4-9H2,1-3H3. The highest BCUT2D eigenvalue weighted by molar-refractivity contribution is 5.74. The van der Waals surface area contributed by atoms with Gasteiger partial charge in [-0.1, -0.05) is 20.8 Å². The molecule has 3 rings (SSSR count). The van der Waals surface area contributed by atoms with Crippen LogP contribution in [-0.4, -0.2) is 12.1 Å². The van der Waals surface area contributed by atoms with Crippen LogP contribution < -0.4 is 0 Å². The average molecular weight is 250 g/mol. The Morgan fingerprint density at radius 3 is 2.67 bits per heavy atom. The van der Waals surface area contributed by atoms with E-state index >= 15 is 0 Å². The van der Waals surface area contributed by atoms with Crippen molar-refractivity contribution in [2.45, 2.75) is 65.4 Å². The molecule has 3 aliphatic rings. The minimum atomic E-state index is 0.112. The SMILES string of the molecule is CC(C)C1(C)CC2CCC3CC(C2)CC1C(=O)O3. The first-order valence-electron chi connectivity index (χ1n) is 7.69. The second-order valence-corrected chi connectivity index (χ2v) is 7.49.